The van der Waals surface area contributed by atoms with Gasteiger partial charge in [0.2, 0.25) is 0 Å². The summed E-state index contributed by atoms with van der Waals surface area (Å²) in [5, 5.41) is -0.674. The average Bonchev–Trinajstić information content (AvgIpc) is 2.11. The van der Waals surface area contributed by atoms with Gasteiger partial charge in [-0.1, -0.05) is 11.6 Å². The lowest BCUT2D eigenvalue weighted by Crippen LogP contribution is -2.15. The smallest absolute Gasteiger partial charge is 0.171 e. The van der Waals surface area contributed by atoms with Gasteiger partial charge in [-0.25, -0.2) is 13.2 Å². The van der Waals surface area contributed by atoms with Crippen molar-refractivity contribution in [3.05, 3.63) is 28.0 Å². The number of anilines is 1. The van der Waals surface area contributed by atoms with Crippen LogP contribution in [-0.2, 0) is 0 Å². The maximum atomic E-state index is 13.4. The number of hydrogen-bond donors (Lipinski definition) is 0. The molecule has 0 spiro atoms. The van der Waals surface area contributed by atoms with Gasteiger partial charge in [0.15, 0.2) is 17.5 Å². The molecule has 78 valence electrons. The second-order valence-corrected chi connectivity index (χ2v) is 3.50. The van der Waals surface area contributed by atoms with Crippen LogP contribution in [0.2, 0.25) is 5.02 Å². The van der Waals surface area contributed by atoms with Crippen molar-refractivity contribution in [1.82, 2.24) is 0 Å². The lowest BCUT2D eigenvalue weighted by atomic mass is 10.1. The SMILES string of the molecule is Cc1c(F)c(Cl)c(F)c(N(C)C)c1F. The van der Waals surface area contributed by atoms with E-state index in [-0.39, 0.29) is 11.3 Å². The zero-order valence-electron chi connectivity index (χ0n) is 7.96. The number of benzene rings is 1. The summed E-state index contributed by atoms with van der Waals surface area (Å²) in [4.78, 5) is 1.21. The van der Waals surface area contributed by atoms with Crippen LogP contribution in [0.4, 0.5) is 18.9 Å². The summed E-state index contributed by atoms with van der Waals surface area (Å²) in [6.07, 6.45) is 0. The van der Waals surface area contributed by atoms with E-state index in [9.17, 15) is 13.2 Å². The van der Waals surface area contributed by atoms with E-state index in [2.05, 4.69) is 0 Å². The Morgan fingerprint density at radius 3 is 1.93 bits per heavy atom. The molecule has 0 fully saturated rings. The maximum absolute atomic E-state index is 13.4. The molecule has 1 nitrogen and oxygen atoms in total. The Kier molecular flexibility index (Phi) is 2.95. The lowest BCUT2D eigenvalue weighted by Gasteiger charge is -2.17. The predicted molar refractivity (Wildman–Crippen MR) is 50.4 cm³/mol. The third kappa shape index (κ3) is 1.54. The molecular weight excluding hydrogens is 215 g/mol. The highest BCUT2D eigenvalue weighted by molar-refractivity contribution is 6.31. The zero-order chi connectivity index (χ0) is 11.0. The number of rotatable bonds is 1. The minimum absolute atomic E-state index is 0.278. The van der Waals surface area contributed by atoms with E-state index in [4.69, 9.17) is 11.6 Å². The minimum atomic E-state index is -1.07. The monoisotopic (exact) mass is 223 g/mol. The summed E-state index contributed by atoms with van der Waals surface area (Å²) >= 11 is 5.36. The fraction of sp³-hybridized carbons (Fsp3) is 0.333. The van der Waals surface area contributed by atoms with Gasteiger partial charge in [-0.3, -0.25) is 0 Å². The first kappa shape index (κ1) is 11.2. The van der Waals surface area contributed by atoms with Gasteiger partial charge in [0.05, 0.1) is 0 Å². The van der Waals surface area contributed by atoms with Crippen molar-refractivity contribution in [2.24, 2.45) is 0 Å². The normalized spacial score (nSPS) is 10.5. The molecule has 0 unspecified atom stereocenters. The molecule has 1 rings (SSSR count). The van der Waals surface area contributed by atoms with E-state index in [1.165, 1.54) is 25.9 Å². The van der Waals surface area contributed by atoms with Crippen LogP contribution in [-0.4, -0.2) is 14.1 Å². The van der Waals surface area contributed by atoms with Crippen molar-refractivity contribution in [3.8, 4) is 0 Å². The van der Waals surface area contributed by atoms with Crippen molar-refractivity contribution in [2.45, 2.75) is 6.92 Å². The van der Waals surface area contributed by atoms with Crippen LogP contribution in [0.5, 0.6) is 0 Å². The van der Waals surface area contributed by atoms with Crippen LogP contribution >= 0.6 is 11.6 Å². The highest BCUT2D eigenvalue weighted by Gasteiger charge is 2.22. The van der Waals surface area contributed by atoms with Crippen LogP contribution < -0.4 is 4.90 Å². The molecule has 1 aromatic carbocycles. The fourth-order valence-electron chi connectivity index (χ4n) is 1.13. The molecule has 14 heavy (non-hydrogen) atoms. The third-order valence-electron chi connectivity index (χ3n) is 1.91. The zero-order valence-corrected chi connectivity index (χ0v) is 8.72. The van der Waals surface area contributed by atoms with Crippen LogP contribution in [0.3, 0.4) is 0 Å². The van der Waals surface area contributed by atoms with Gasteiger partial charge in [0.25, 0.3) is 0 Å². The van der Waals surface area contributed by atoms with Gasteiger partial charge in [-0.05, 0) is 6.92 Å². The Bertz CT molecular complexity index is 348. The molecule has 5 heteroatoms. The molecule has 0 radical (unpaired) electrons. The molecule has 1 aromatic rings. The highest BCUT2D eigenvalue weighted by Crippen LogP contribution is 2.32. The van der Waals surface area contributed by atoms with E-state index in [1.807, 2.05) is 0 Å². The molecule has 0 aliphatic carbocycles. The second kappa shape index (κ2) is 3.69. The Morgan fingerprint density at radius 2 is 1.50 bits per heavy atom. The van der Waals surface area contributed by atoms with Crippen molar-refractivity contribution in [2.75, 3.05) is 19.0 Å². The Morgan fingerprint density at radius 1 is 1.00 bits per heavy atom. The Labute approximate surface area is 85.1 Å². The summed E-state index contributed by atoms with van der Waals surface area (Å²) in [5.74, 6) is -3.04. The molecule has 0 bridgehead atoms. The summed E-state index contributed by atoms with van der Waals surface area (Å²) in [6.45, 7) is 1.21. The molecular formula is C9H9ClF3N. The van der Waals surface area contributed by atoms with E-state index >= 15 is 0 Å². The Balaban J connectivity index is 3.60. The van der Waals surface area contributed by atoms with E-state index in [0.29, 0.717) is 0 Å². The molecule has 0 heterocycles. The van der Waals surface area contributed by atoms with Crippen molar-refractivity contribution in [3.63, 3.8) is 0 Å². The number of nitrogens with zero attached hydrogens (tertiary/aromatic N) is 1. The molecule has 0 atom stereocenters. The molecule has 0 aliphatic rings. The lowest BCUT2D eigenvalue weighted by molar-refractivity contribution is 0.533. The molecule has 0 saturated heterocycles. The molecule has 0 aliphatic heterocycles. The topological polar surface area (TPSA) is 3.24 Å². The van der Waals surface area contributed by atoms with E-state index < -0.39 is 22.5 Å². The van der Waals surface area contributed by atoms with Crippen LogP contribution in [0.25, 0.3) is 0 Å². The summed E-state index contributed by atoms with van der Waals surface area (Å²) in [6, 6.07) is 0. The molecule has 0 aromatic heterocycles. The summed E-state index contributed by atoms with van der Waals surface area (Å²) in [7, 11) is 2.91. The van der Waals surface area contributed by atoms with Gasteiger partial charge in [0, 0.05) is 19.7 Å². The van der Waals surface area contributed by atoms with Crippen molar-refractivity contribution < 1.29 is 13.2 Å². The van der Waals surface area contributed by atoms with E-state index in [0.717, 1.165) is 0 Å². The standard InChI is InChI=1S/C9H9ClF3N/c1-4-6(11)5(10)8(13)9(7(4)12)14(2)3/h1-3H3. The third-order valence-corrected chi connectivity index (χ3v) is 2.24. The Hall–Kier alpha value is -0.900. The molecule has 0 N–H and O–H groups in total. The first-order chi connectivity index (χ1) is 6.37. The van der Waals surface area contributed by atoms with Gasteiger partial charge >= 0.3 is 0 Å². The largest absolute Gasteiger partial charge is 0.373 e. The van der Waals surface area contributed by atoms with Crippen molar-refractivity contribution in [1.29, 1.82) is 0 Å². The van der Waals surface area contributed by atoms with Gasteiger partial charge in [-0.15, -0.1) is 0 Å². The quantitative estimate of drug-likeness (QED) is 0.522. The molecule has 0 saturated carbocycles. The number of halogens is 4. The van der Waals surface area contributed by atoms with Gasteiger partial charge in [0.1, 0.15) is 10.7 Å². The van der Waals surface area contributed by atoms with Crippen LogP contribution in [0.1, 0.15) is 5.56 Å². The first-order valence-electron chi connectivity index (χ1n) is 3.87. The first-order valence-corrected chi connectivity index (χ1v) is 4.25. The fourth-order valence-corrected chi connectivity index (χ4v) is 1.36. The summed E-state index contributed by atoms with van der Waals surface area (Å²) in [5.41, 5.74) is -0.603. The maximum Gasteiger partial charge on any atom is 0.171 e. The van der Waals surface area contributed by atoms with Crippen LogP contribution in [0, 0.1) is 24.4 Å². The van der Waals surface area contributed by atoms with E-state index in [1.54, 1.807) is 0 Å². The average molecular weight is 224 g/mol. The minimum Gasteiger partial charge on any atom is -0.373 e. The van der Waals surface area contributed by atoms with Crippen molar-refractivity contribution >= 4 is 17.3 Å². The predicted octanol–water partition coefficient (Wildman–Crippen LogP) is 3.13. The number of hydrogen-bond acceptors (Lipinski definition) is 1. The molecule has 0 amide bonds. The second-order valence-electron chi connectivity index (χ2n) is 3.12. The summed E-state index contributed by atoms with van der Waals surface area (Å²) < 4.78 is 39.7. The van der Waals surface area contributed by atoms with Gasteiger partial charge in [-0.2, -0.15) is 0 Å². The van der Waals surface area contributed by atoms with Gasteiger partial charge < -0.3 is 4.90 Å². The highest BCUT2D eigenvalue weighted by atomic mass is 35.5. The van der Waals surface area contributed by atoms with Crippen LogP contribution in [0.15, 0.2) is 0 Å².